The Morgan fingerprint density at radius 3 is 2.96 bits per heavy atom. The van der Waals surface area contributed by atoms with Crippen LogP contribution in [0.15, 0.2) is 43.0 Å². The number of benzene rings is 1. The Balaban J connectivity index is 1.44. The molecule has 0 radical (unpaired) electrons. The molecule has 4 atom stereocenters. The summed E-state index contributed by atoms with van der Waals surface area (Å²) in [4.78, 5) is 16.6. The van der Waals surface area contributed by atoms with Crippen LogP contribution in [0, 0.1) is 11.8 Å². The lowest BCUT2D eigenvalue weighted by Gasteiger charge is -2.47. The van der Waals surface area contributed by atoms with E-state index in [-0.39, 0.29) is 24.0 Å². The third-order valence-corrected chi connectivity index (χ3v) is 5.12. The first kappa shape index (κ1) is 15.4. The number of fused-ring (bicyclic) bond motifs is 1. The smallest absolute Gasteiger partial charge is 0.251 e. The fraction of sp³-hybridized carbons (Fsp3) is 0.444. The van der Waals surface area contributed by atoms with Crippen molar-refractivity contribution in [3.05, 3.63) is 48.5 Å². The molecule has 6 nitrogen and oxygen atoms in total. The van der Waals surface area contributed by atoms with Crippen LogP contribution in [0.5, 0.6) is 0 Å². The van der Waals surface area contributed by atoms with Gasteiger partial charge in [0.15, 0.2) is 0 Å². The minimum Gasteiger partial charge on any atom is -0.384 e. The fourth-order valence-corrected chi connectivity index (χ4v) is 3.87. The minimum atomic E-state index is -0.0383. The summed E-state index contributed by atoms with van der Waals surface area (Å²) in [5.41, 5.74) is 1.65. The summed E-state index contributed by atoms with van der Waals surface area (Å²) in [5.74, 6) is 0.625. The summed E-state index contributed by atoms with van der Waals surface area (Å²) in [7, 11) is 1.69. The number of imidazole rings is 1. The zero-order valence-corrected chi connectivity index (χ0v) is 13.6. The molecule has 126 valence electrons. The van der Waals surface area contributed by atoms with Crippen LogP contribution in [0.25, 0.3) is 5.69 Å². The molecule has 1 aromatic carbocycles. The van der Waals surface area contributed by atoms with Crippen molar-refractivity contribution in [1.82, 2.24) is 14.9 Å². The second kappa shape index (κ2) is 6.37. The van der Waals surface area contributed by atoms with Crippen LogP contribution in [0.2, 0.25) is 0 Å². The summed E-state index contributed by atoms with van der Waals surface area (Å²) in [6, 6.07) is 7.67. The molecule has 1 saturated carbocycles. The Morgan fingerprint density at radius 1 is 1.42 bits per heavy atom. The van der Waals surface area contributed by atoms with Crippen LogP contribution in [-0.4, -0.2) is 47.9 Å². The predicted octanol–water partition coefficient (Wildman–Crippen LogP) is 1.65. The van der Waals surface area contributed by atoms with Crippen molar-refractivity contribution >= 4 is 5.91 Å². The SMILES string of the molecule is COC[C@H]1[C@@H](NC(=O)c2ccc(-n3ccnc3)cc2)[C@@H]2CCO[C@@H]21. The topological polar surface area (TPSA) is 65.4 Å². The second-order valence-electron chi connectivity index (χ2n) is 6.42. The lowest BCUT2D eigenvalue weighted by molar-refractivity contribution is -0.0809. The number of nitrogens with one attached hydrogen (secondary N) is 1. The van der Waals surface area contributed by atoms with E-state index in [1.165, 1.54) is 0 Å². The molecule has 6 heteroatoms. The highest BCUT2D eigenvalue weighted by Gasteiger charge is 2.54. The highest BCUT2D eigenvalue weighted by Crippen LogP contribution is 2.43. The van der Waals surface area contributed by atoms with Gasteiger partial charge in [0, 0.05) is 55.2 Å². The van der Waals surface area contributed by atoms with Gasteiger partial charge in [-0.25, -0.2) is 4.98 Å². The number of carbonyl (C=O) groups is 1. The van der Waals surface area contributed by atoms with Crippen LogP contribution in [0.4, 0.5) is 0 Å². The Labute approximate surface area is 140 Å². The lowest BCUT2D eigenvalue weighted by atomic mass is 9.67. The van der Waals surface area contributed by atoms with E-state index in [1.54, 1.807) is 19.6 Å². The van der Waals surface area contributed by atoms with Crippen molar-refractivity contribution in [3.63, 3.8) is 0 Å². The summed E-state index contributed by atoms with van der Waals surface area (Å²) < 4.78 is 12.9. The third kappa shape index (κ3) is 2.61. The monoisotopic (exact) mass is 327 g/mol. The van der Waals surface area contributed by atoms with E-state index in [9.17, 15) is 4.79 Å². The maximum Gasteiger partial charge on any atom is 0.251 e. The van der Waals surface area contributed by atoms with Gasteiger partial charge in [-0.3, -0.25) is 4.79 Å². The number of hydrogen-bond acceptors (Lipinski definition) is 4. The Hall–Kier alpha value is -2.18. The van der Waals surface area contributed by atoms with Gasteiger partial charge < -0.3 is 19.4 Å². The zero-order chi connectivity index (χ0) is 16.5. The molecule has 2 aromatic rings. The molecule has 2 heterocycles. The van der Waals surface area contributed by atoms with Gasteiger partial charge >= 0.3 is 0 Å². The molecular formula is C18H21N3O3. The molecule has 0 unspecified atom stereocenters. The van der Waals surface area contributed by atoms with Gasteiger partial charge in [0.05, 0.1) is 19.0 Å². The van der Waals surface area contributed by atoms with Crippen molar-refractivity contribution in [2.45, 2.75) is 18.6 Å². The van der Waals surface area contributed by atoms with Crippen LogP contribution in [0.3, 0.4) is 0 Å². The Bertz CT molecular complexity index is 699. The van der Waals surface area contributed by atoms with Crippen LogP contribution >= 0.6 is 0 Å². The van der Waals surface area contributed by atoms with Crippen LogP contribution in [-0.2, 0) is 9.47 Å². The van der Waals surface area contributed by atoms with Crippen molar-refractivity contribution < 1.29 is 14.3 Å². The van der Waals surface area contributed by atoms with E-state index < -0.39 is 0 Å². The molecule has 1 aliphatic carbocycles. The van der Waals surface area contributed by atoms with E-state index in [2.05, 4.69) is 10.3 Å². The number of methoxy groups -OCH3 is 1. The second-order valence-corrected chi connectivity index (χ2v) is 6.42. The number of hydrogen-bond donors (Lipinski definition) is 1. The average molecular weight is 327 g/mol. The van der Waals surface area contributed by atoms with Crippen LogP contribution in [0.1, 0.15) is 16.8 Å². The van der Waals surface area contributed by atoms with Gasteiger partial charge in [-0.15, -0.1) is 0 Å². The molecule has 1 saturated heterocycles. The predicted molar refractivity (Wildman–Crippen MR) is 88.0 cm³/mol. The van der Waals surface area contributed by atoms with Gasteiger partial charge in [0.1, 0.15) is 0 Å². The van der Waals surface area contributed by atoms with Crippen LogP contribution < -0.4 is 5.32 Å². The first-order valence-electron chi connectivity index (χ1n) is 8.28. The highest BCUT2D eigenvalue weighted by atomic mass is 16.5. The van der Waals surface area contributed by atoms with E-state index in [4.69, 9.17) is 9.47 Å². The minimum absolute atomic E-state index is 0.0383. The number of carbonyl (C=O) groups excluding carboxylic acids is 1. The number of nitrogens with zero attached hydrogens (tertiary/aromatic N) is 2. The van der Waals surface area contributed by atoms with E-state index in [1.807, 2.05) is 35.0 Å². The van der Waals surface area contributed by atoms with E-state index in [0.29, 0.717) is 18.1 Å². The molecule has 0 spiro atoms. The number of amides is 1. The molecule has 1 aromatic heterocycles. The molecule has 1 N–H and O–H groups in total. The van der Waals surface area contributed by atoms with Crippen molar-refractivity contribution in [2.24, 2.45) is 11.8 Å². The molecule has 2 fully saturated rings. The number of rotatable bonds is 5. The van der Waals surface area contributed by atoms with Crippen molar-refractivity contribution in [2.75, 3.05) is 20.3 Å². The summed E-state index contributed by atoms with van der Waals surface area (Å²) in [5, 5.41) is 3.18. The standard InChI is InChI=1S/C18H21N3O3/c1-23-10-15-16(14-6-9-24-17(14)15)20-18(22)12-2-4-13(5-3-12)21-8-7-19-11-21/h2-5,7-8,11,14-17H,6,9-10H2,1H3,(H,20,22)/t14-,15-,16-,17-/m0/s1. The van der Waals surface area contributed by atoms with Gasteiger partial charge in [0.2, 0.25) is 0 Å². The van der Waals surface area contributed by atoms with Crippen molar-refractivity contribution in [1.29, 1.82) is 0 Å². The quantitative estimate of drug-likeness (QED) is 0.907. The summed E-state index contributed by atoms with van der Waals surface area (Å²) >= 11 is 0. The average Bonchev–Trinajstić information content (AvgIpc) is 3.28. The molecule has 1 aliphatic heterocycles. The molecular weight excluding hydrogens is 306 g/mol. The largest absolute Gasteiger partial charge is 0.384 e. The van der Waals surface area contributed by atoms with Gasteiger partial charge in [-0.2, -0.15) is 0 Å². The molecule has 4 rings (SSSR count). The van der Waals surface area contributed by atoms with E-state index in [0.717, 1.165) is 18.7 Å². The molecule has 1 amide bonds. The normalized spacial score (nSPS) is 28.2. The number of ether oxygens (including phenoxy) is 2. The van der Waals surface area contributed by atoms with E-state index >= 15 is 0 Å². The van der Waals surface area contributed by atoms with Gasteiger partial charge in [-0.05, 0) is 30.7 Å². The maximum absolute atomic E-state index is 12.6. The first-order valence-corrected chi connectivity index (χ1v) is 8.28. The summed E-state index contributed by atoms with van der Waals surface area (Å²) in [6.07, 6.45) is 6.58. The summed E-state index contributed by atoms with van der Waals surface area (Å²) in [6.45, 7) is 1.40. The third-order valence-electron chi connectivity index (χ3n) is 5.12. The molecule has 24 heavy (non-hydrogen) atoms. The molecule has 2 aliphatic rings. The fourth-order valence-electron chi connectivity index (χ4n) is 3.87. The Kier molecular flexibility index (Phi) is 4.08. The van der Waals surface area contributed by atoms with Gasteiger partial charge in [0.25, 0.3) is 5.91 Å². The lowest BCUT2D eigenvalue weighted by Crippen LogP contribution is -2.62. The molecule has 0 bridgehead atoms. The maximum atomic E-state index is 12.6. The zero-order valence-electron chi connectivity index (χ0n) is 13.6. The first-order chi connectivity index (χ1) is 11.8. The highest BCUT2D eigenvalue weighted by molar-refractivity contribution is 5.94. The van der Waals surface area contributed by atoms with Gasteiger partial charge in [-0.1, -0.05) is 0 Å². The Morgan fingerprint density at radius 2 is 2.25 bits per heavy atom. The van der Waals surface area contributed by atoms with Crippen molar-refractivity contribution in [3.8, 4) is 5.69 Å². The number of aromatic nitrogens is 2.